The number of hydrogen-bond acceptors (Lipinski definition) is 10. The van der Waals surface area contributed by atoms with E-state index < -0.39 is 39.0 Å². The number of halogens is 2. The molecule has 0 bridgehead atoms. The first kappa shape index (κ1) is 24.1. The fourth-order valence-corrected chi connectivity index (χ4v) is 4.21. The van der Waals surface area contributed by atoms with Crippen LogP contribution in [0.5, 0.6) is 5.75 Å². The van der Waals surface area contributed by atoms with E-state index in [9.17, 15) is 19.9 Å². The quantitative estimate of drug-likeness (QED) is 0.240. The van der Waals surface area contributed by atoms with Crippen LogP contribution >= 0.6 is 31.0 Å². The maximum Gasteiger partial charge on any atom is 0.524 e. The van der Waals surface area contributed by atoms with Crippen molar-refractivity contribution >= 4 is 48.0 Å². The number of fused-ring (bicyclic) bond motifs is 1. The zero-order valence-corrected chi connectivity index (χ0v) is 18.9. The fraction of sp³-hybridized carbons (Fsp3) is 0.353. The van der Waals surface area contributed by atoms with E-state index in [1.165, 1.54) is 29.4 Å². The Morgan fingerprint density at radius 1 is 1.18 bits per heavy atom. The van der Waals surface area contributed by atoms with Crippen LogP contribution < -0.4 is 9.84 Å². The van der Waals surface area contributed by atoms with E-state index in [0.29, 0.717) is 22.5 Å². The van der Waals surface area contributed by atoms with Crippen LogP contribution in [0, 0.1) is 0 Å². The lowest BCUT2D eigenvalue weighted by Gasteiger charge is -2.16. The summed E-state index contributed by atoms with van der Waals surface area (Å²) in [6, 6.07) is 2.80. The molecule has 3 heterocycles. The van der Waals surface area contributed by atoms with Gasteiger partial charge >= 0.3 is 7.82 Å². The molecule has 178 valence electrons. The second-order valence-corrected chi connectivity index (χ2v) is 9.05. The molecule has 33 heavy (non-hydrogen) atoms. The largest absolute Gasteiger partial charge is 0.524 e. The lowest BCUT2D eigenvalue weighted by Crippen LogP contribution is -2.33. The van der Waals surface area contributed by atoms with Crippen molar-refractivity contribution in [1.82, 2.24) is 19.5 Å². The second-order valence-electron chi connectivity index (χ2n) is 7.10. The molecule has 1 fully saturated rings. The molecule has 0 saturated carbocycles. The highest BCUT2D eigenvalue weighted by Crippen LogP contribution is 2.43. The average molecular weight is 522 g/mol. The van der Waals surface area contributed by atoms with E-state index in [0.717, 1.165) is 0 Å². The molecule has 0 aliphatic carbocycles. The maximum atomic E-state index is 11.2. The van der Waals surface area contributed by atoms with Crippen LogP contribution in [0.2, 0.25) is 10.0 Å². The van der Waals surface area contributed by atoms with Gasteiger partial charge in [-0.2, -0.15) is 0 Å². The van der Waals surface area contributed by atoms with E-state index in [-0.39, 0.29) is 22.3 Å². The second kappa shape index (κ2) is 9.29. The van der Waals surface area contributed by atoms with E-state index in [1.807, 2.05) is 0 Å². The van der Waals surface area contributed by atoms with Gasteiger partial charge in [0, 0.05) is 6.54 Å². The summed E-state index contributed by atoms with van der Waals surface area (Å²) in [5.41, 5.74) is 1.09. The molecule has 2 aromatic heterocycles. The van der Waals surface area contributed by atoms with Crippen molar-refractivity contribution in [3.63, 3.8) is 0 Å². The Kier molecular flexibility index (Phi) is 6.78. The van der Waals surface area contributed by atoms with Crippen molar-refractivity contribution < 1.29 is 38.9 Å². The number of benzene rings is 1. The van der Waals surface area contributed by atoms with Crippen molar-refractivity contribution in [3.05, 3.63) is 40.4 Å². The Labute approximate surface area is 195 Å². The molecule has 16 heteroatoms. The van der Waals surface area contributed by atoms with Gasteiger partial charge < -0.3 is 29.9 Å². The molecular formula is C17H18Cl2N5O8P. The molecule has 1 aromatic carbocycles. The van der Waals surface area contributed by atoms with Crippen molar-refractivity contribution in [2.24, 2.45) is 0 Å². The maximum absolute atomic E-state index is 11.2. The number of hydrogen-bond donors (Lipinski definition) is 6. The Hall–Kier alpha value is -2.06. The van der Waals surface area contributed by atoms with E-state index >= 15 is 0 Å². The summed E-state index contributed by atoms with van der Waals surface area (Å²) in [4.78, 5) is 30.7. The monoisotopic (exact) mass is 521 g/mol. The predicted molar refractivity (Wildman–Crippen MR) is 115 cm³/mol. The van der Waals surface area contributed by atoms with Gasteiger partial charge in [0.1, 0.15) is 29.7 Å². The number of rotatable bonds is 7. The molecule has 13 nitrogen and oxygen atoms in total. The van der Waals surface area contributed by atoms with Gasteiger partial charge in [-0.05, 0) is 17.7 Å². The normalized spacial score (nSPS) is 23.2. The Morgan fingerprint density at radius 2 is 1.94 bits per heavy atom. The zero-order chi connectivity index (χ0) is 23.9. The van der Waals surface area contributed by atoms with Gasteiger partial charge in [-0.3, -0.25) is 14.4 Å². The van der Waals surface area contributed by atoms with Gasteiger partial charge in [0.25, 0.3) is 0 Å². The van der Waals surface area contributed by atoms with Gasteiger partial charge in [-0.15, -0.1) is 0 Å². The molecule has 0 amide bonds. The standard InChI is InChI=1S/C17H18Cl2N5O8P/c18-8-1-7(2-9(11(8)19)32-33(28,29)30)3-20-15-12-16(22-5-21-15)24(6-23-12)17-14(27)13(26)10(4-25)31-17/h1-2,5-6,10,13-14,17,25-27H,3-4H2,(H,20,21,22)(H2,28,29,30)/t10-,13-,14-,17-/m1/s1. The zero-order valence-electron chi connectivity index (χ0n) is 16.5. The summed E-state index contributed by atoms with van der Waals surface area (Å²) in [7, 11) is -4.85. The van der Waals surface area contributed by atoms with E-state index in [2.05, 4.69) is 24.8 Å². The highest BCUT2D eigenvalue weighted by Gasteiger charge is 2.44. The highest BCUT2D eigenvalue weighted by molar-refractivity contribution is 7.46. The smallest absolute Gasteiger partial charge is 0.403 e. The van der Waals surface area contributed by atoms with Crippen molar-refractivity contribution in [3.8, 4) is 5.75 Å². The highest BCUT2D eigenvalue weighted by atomic mass is 35.5. The van der Waals surface area contributed by atoms with Crippen LogP contribution in [-0.2, 0) is 15.8 Å². The first-order chi connectivity index (χ1) is 15.6. The average Bonchev–Trinajstić information content (AvgIpc) is 3.30. The number of ether oxygens (including phenoxy) is 1. The van der Waals surface area contributed by atoms with Crippen LogP contribution in [0.15, 0.2) is 24.8 Å². The SMILES string of the molecule is O=P(O)(O)Oc1cc(CNc2ncnc3c2ncn3[C@@H]2O[C@H](CO)[C@@H](O)[C@H]2O)cc(Cl)c1Cl. The molecule has 4 atom stereocenters. The lowest BCUT2D eigenvalue weighted by molar-refractivity contribution is -0.0511. The summed E-state index contributed by atoms with van der Waals surface area (Å²) in [6.07, 6.45) is -1.96. The fourth-order valence-electron chi connectivity index (χ4n) is 3.38. The number of nitrogens with zero attached hydrogens (tertiary/aromatic N) is 4. The molecule has 0 spiro atoms. The molecule has 6 N–H and O–H groups in total. The third-order valence-electron chi connectivity index (χ3n) is 4.88. The number of phosphoric acid groups is 1. The summed E-state index contributed by atoms with van der Waals surface area (Å²) in [5.74, 6) is 0.0183. The molecule has 1 aliphatic rings. The molecule has 0 radical (unpaired) electrons. The van der Waals surface area contributed by atoms with Crippen LogP contribution in [-0.4, -0.2) is 69.5 Å². The van der Waals surface area contributed by atoms with Crippen molar-refractivity contribution in [2.75, 3.05) is 11.9 Å². The number of aromatic nitrogens is 4. The first-order valence-electron chi connectivity index (χ1n) is 9.36. The number of imidazole rings is 1. The summed E-state index contributed by atoms with van der Waals surface area (Å²) in [6.45, 7) is -0.373. The van der Waals surface area contributed by atoms with Gasteiger partial charge in [-0.25, -0.2) is 19.5 Å². The van der Waals surface area contributed by atoms with Gasteiger partial charge in [-0.1, -0.05) is 23.2 Å². The predicted octanol–water partition coefficient (Wildman–Crippen LogP) is 0.828. The van der Waals surface area contributed by atoms with Crippen LogP contribution in [0.1, 0.15) is 11.8 Å². The van der Waals surface area contributed by atoms with Crippen molar-refractivity contribution in [2.45, 2.75) is 31.1 Å². The van der Waals surface area contributed by atoms with E-state index in [1.54, 1.807) is 0 Å². The molecule has 4 rings (SSSR count). The molecule has 1 aliphatic heterocycles. The van der Waals surface area contributed by atoms with Crippen molar-refractivity contribution in [1.29, 1.82) is 0 Å². The number of nitrogens with one attached hydrogen (secondary N) is 1. The number of aliphatic hydroxyl groups is 3. The van der Waals surface area contributed by atoms with Gasteiger partial charge in [0.05, 0.1) is 18.0 Å². The molecule has 1 saturated heterocycles. The topological polar surface area (TPSA) is 192 Å². The molecule has 0 unspecified atom stereocenters. The summed E-state index contributed by atoms with van der Waals surface area (Å²) < 4.78 is 22.7. The third kappa shape index (κ3) is 4.92. The van der Waals surface area contributed by atoms with Crippen LogP contribution in [0.4, 0.5) is 5.82 Å². The Balaban J connectivity index is 1.58. The lowest BCUT2D eigenvalue weighted by atomic mass is 10.1. The minimum atomic E-state index is -4.85. The van der Waals surface area contributed by atoms with Gasteiger partial charge in [0.2, 0.25) is 0 Å². The Bertz CT molecular complexity index is 1220. The number of aliphatic hydroxyl groups excluding tert-OH is 3. The number of anilines is 1. The molecule has 3 aromatic rings. The Morgan fingerprint density at radius 3 is 2.61 bits per heavy atom. The number of phosphoric ester groups is 1. The minimum absolute atomic E-state index is 0.0286. The summed E-state index contributed by atoms with van der Waals surface area (Å²) in [5, 5.41) is 32.5. The van der Waals surface area contributed by atoms with Gasteiger partial charge in [0.15, 0.2) is 29.0 Å². The summed E-state index contributed by atoms with van der Waals surface area (Å²) >= 11 is 12.0. The van der Waals surface area contributed by atoms with E-state index in [4.69, 9.17) is 37.7 Å². The molecular weight excluding hydrogens is 504 g/mol. The first-order valence-corrected chi connectivity index (χ1v) is 11.6. The van der Waals surface area contributed by atoms with Crippen LogP contribution in [0.25, 0.3) is 11.2 Å². The third-order valence-corrected chi connectivity index (χ3v) is 6.10. The van der Waals surface area contributed by atoms with Crippen LogP contribution in [0.3, 0.4) is 0 Å². The minimum Gasteiger partial charge on any atom is -0.403 e.